The number of rotatable bonds is 7. The van der Waals surface area contributed by atoms with Gasteiger partial charge in [0, 0.05) is 0 Å². The highest BCUT2D eigenvalue weighted by atomic mass is 32.2. The summed E-state index contributed by atoms with van der Waals surface area (Å²) < 4.78 is 5.74. The van der Waals surface area contributed by atoms with E-state index in [1.165, 1.54) is 6.21 Å². The van der Waals surface area contributed by atoms with Gasteiger partial charge in [0.15, 0.2) is 5.03 Å². The summed E-state index contributed by atoms with van der Waals surface area (Å²) in [6.45, 7) is 0. The lowest BCUT2D eigenvalue weighted by Gasteiger charge is -2.05. The van der Waals surface area contributed by atoms with E-state index in [-0.39, 0.29) is 10.8 Å². The molecule has 0 saturated carbocycles. The van der Waals surface area contributed by atoms with Gasteiger partial charge in [-0.05, 0) is 29.8 Å². The largest absolute Gasteiger partial charge is 0.457 e. The Morgan fingerprint density at radius 3 is 2.71 bits per heavy atom. The zero-order valence-corrected chi connectivity index (χ0v) is 15.2. The third kappa shape index (κ3) is 5.68. The molecule has 0 atom stereocenters. The van der Waals surface area contributed by atoms with Gasteiger partial charge in [0.25, 0.3) is 5.56 Å². The number of hydrazone groups is 1. The van der Waals surface area contributed by atoms with Gasteiger partial charge in [0.2, 0.25) is 5.91 Å². The summed E-state index contributed by atoms with van der Waals surface area (Å²) in [5.41, 5.74) is 1.74. The number of carbonyl (C=O) groups is 1. The molecule has 0 bridgehead atoms. The summed E-state index contributed by atoms with van der Waals surface area (Å²) in [5, 5.41) is 9.54. The lowest BCUT2D eigenvalue weighted by Crippen LogP contribution is -2.26. The van der Waals surface area contributed by atoms with Crippen molar-refractivity contribution in [3.8, 4) is 11.5 Å². The van der Waals surface area contributed by atoms with Crippen LogP contribution in [-0.4, -0.2) is 33.1 Å². The van der Waals surface area contributed by atoms with Crippen LogP contribution in [0, 0.1) is 0 Å². The Morgan fingerprint density at radius 1 is 1.14 bits per heavy atom. The Kier molecular flexibility index (Phi) is 6.37. The molecule has 3 aromatic rings. The van der Waals surface area contributed by atoms with Crippen LogP contribution in [0.5, 0.6) is 11.5 Å². The molecule has 0 aliphatic carbocycles. The van der Waals surface area contributed by atoms with E-state index in [4.69, 9.17) is 4.74 Å². The summed E-state index contributed by atoms with van der Waals surface area (Å²) >= 11 is 0.883. The molecule has 142 valence electrons. The average Bonchev–Trinajstić information content (AvgIpc) is 2.68. The second-order valence-corrected chi connectivity index (χ2v) is 6.35. The summed E-state index contributed by atoms with van der Waals surface area (Å²) in [6, 6.07) is 16.6. The number of para-hydroxylation sites is 1. The van der Waals surface area contributed by atoms with Gasteiger partial charge in [-0.15, -0.1) is 0 Å². The number of amides is 1. The molecular weight excluding hydrogens is 382 g/mol. The summed E-state index contributed by atoms with van der Waals surface area (Å²) in [4.78, 5) is 36.2. The van der Waals surface area contributed by atoms with Gasteiger partial charge in [0.05, 0.1) is 12.0 Å². The van der Waals surface area contributed by atoms with Gasteiger partial charge >= 0.3 is 5.69 Å². The highest BCUT2D eigenvalue weighted by Gasteiger charge is 2.07. The summed E-state index contributed by atoms with van der Waals surface area (Å²) in [6.07, 6.45) is 1.48. The number of hydrogen-bond acceptors (Lipinski definition) is 7. The van der Waals surface area contributed by atoms with Crippen molar-refractivity contribution < 1.29 is 9.53 Å². The number of benzene rings is 2. The Hall–Kier alpha value is -3.66. The van der Waals surface area contributed by atoms with Gasteiger partial charge in [-0.1, -0.05) is 42.1 Å². The third-order valence-corrected chi connectivity index (χ3v) is 4.22. The van der Waals surface area contributed by atoms with Gasteiger partial charge in [-0.3, -0.25) is 14.6 Å². The van der Waals surface area contributed by atoms with E-state index < -0.39 is 17.2 Å². The first-order valence-corrected chi connectivity index (χ1v) is 9.05. The van der Waals surface area contributed by atoms with Crippen LogP contribution in [0.1, 0.15) is 5.56 Å². The fourth-order valence-corrected chi connectivity index (χ4v) is 2.69. The summed E-state index contributed by atoms with van der Waals surface area (Å²) in [5.74, 6) is 0.842. The highest BCUT2D eigenvalue weighted by Crippen LogP contribution is 2.21. The van der Waals surface area contributed by atoms with E-state index in [0.29, 0.717) is 11.5 Å². The minimum Gasteiger partial charge on any atom is -0.457 e. The van der Waals surface area contributed by atoms with E-state index in [1.54, 1.807) is 6.07 Å². The van der Waals surface area contributed by atoms with Crippen molar-refractivity contribution in [2.24, 2.45) is 5.10 Å². The van der Waals surface area contributed by atoms with E-state index in [9.17, 15) is 14.4 Å². The Bertz CT molecular complexity index is 1090. The topological polar surface area (TPSA) is 129 Å². The number of hydrogen-bond donors (Lipinski definition) is 3. The first kappa shape index (κ1) is 19.1. The van der Waals surface area contributed by atoms with E-state index in [1.807, 2.05) is 53.5 Å². The SMILES string of the molecule is O=C(CSc1n[nH]c(=O)[nH]c1=O)N/N=C/c1cccc(Oc2ccccc2)c1. The molecule has 0 radical (unpaired) electrons. The van der Waals surface area contributed by atoms with Crippen molar-refractivity contribution >= 4 is 23.9 Å². The van der Waals surface area contributed by atoms with Gasteiger partial charge in [-0.2, -0.15) is 10.2 Å². The molecule has 2 aromatic carbocycles. The zero-order chi connectivity index (χ0) is 19.8. The average molecular weight is 397 g/mol. The van der Waals surface area contributed by atoms with E-state index >= 15 is 0 Å². The molecular formula is C18H15N5O4S. The monoisotopic (exact) mass is 397 g/mol. The molecule has 9 nitrogen and oxygen atoms in total. The fraction of sp³-hybridized carbons (Fsp3) is 0.0556. The van der Waals surface area contributed by atoms with Crippen LogP contribution in [0.3, 0.4) is 0 Å². The van der Waals surface area contributed by atoms with Crippen molar-refractivity contribution in [3.05, 3.63) is 81.0 Å². The van der Waals surface area contributed by atoms with Gasteiger partial charge < -0.3 is 4.74 Å². The quantitative estimate of drug-likeness (QED) is 0.315. The Labute approximate surface area is 162 Å². The molecule has 3 N–H and O–H groups in total. The van der Waals surface area contributed by atoms with Crippen LogP contribution < -0.4 is 21.4 Å². The Balaban J connectivity index is 1.52. The zero-order valence-electron chi connectivity index (χ0n) is 14.4. The first-order chi connectivity index (χ1) is 13.6. The third-order valence-electron chi connectivity index (χ3n) is 3.26. The molecule has 0 unspecified atom stereocenters. The van der Waals surface area contributed by atoms with Crippen LogP contribution >= 0.6 is 11.8 Å². The molecule has 0 fully saturated rings. The molecule has 1 heterocycles. The van der Waals surface area contributed by atoms with Gasteiger partial charge in [0.1, 0.15) is 11.5 Å². The first-order valence-electron chi connectivity index (χ1n) is 8.07. The number of H-pyrrole nitrogens is 2. The molecule has 0 aliphatic rings. The lowest BCUT2D eigenvalue weighted by molar-refractivity contribution is -0.118. The molecule has 28 heavy (non-hydrogen) atoms. The standard InChI is InChI=1S/C18H15N5O4S/c24-15(11-28-17-16(25)20-18(26)23-22-17)21-19-10-12-5-4-8-14(9-12)27-13-6-2-1-3-7-13/h1-10H,11H2,(H,21,24)(H2,20,23,25,26)/b19-10+. The number of nitrogens with one attached hydrogen (secondary N) is 3. The van der Waals surface area contributed by atoms with Crippen molar-refractivity contribution in [2.75, 3.05) is 5.75 Å². The van der Waals surface area contributed by atoms with Gasteiger partial charge in [-0.25, -0.2) is 15.3 Å². The number of thioether (sulfide) groups is 1. The molecule has 1 aromatic heterocycles. The molecule has 0 aliphatic heterocycles. The fourth-order valence-electron chi connectivity index (χ4n) is 2.06. The summed E-state index contributed by atoms with van der Waals surface area (Å²) in [7, 11) is 0. The molecule has 0 saturated heterocycles. The van der Waals surface area contributed by atoms with E-state index in [0.717, 1.165) is 17.3 Å². The molecule has 10 heteroatoms. The second kappa shape index (κ2) is 9.33. The normalized spacial score (nSPS) is 10.7. The Morgan fingerprint density at radius 2 is 1.93 bits per heavy atom. The number of nitrogens with zero attached hydrogens (tertiary/aromatic N) is 2. The minimum atomic E-state index is -0.707. The molecule has 0 spiro atoms. The second-order valence-electron chi connectivity index (χ2n) is 5.38. The van der Waals surface area contributed by atoms with Crippen molar-refractivity contribution in [3.63, 3.8) is 0 Å². The maximum absolute atomic E-state index is 11.8. The molecule has 3 rings (SSSR count). The number of aromatic nitrogens is 3. The van der Waals surface area contributed by atoms with Crippen LogP contribution in [0.15, 0.2) is 74.3 Å². The maximum atomic E-state index is 11.8. The van der Waals surface area contributed by atoms with Crippen LogP contribution in [0.25, 0.3) is 0 Å². The minimum absolute atomic E-state index is 0.00973. The highest BCUT2D eigenvalue weighted by molar-refractivity contribution is 7.99. The molecule has 1 amide bonds. The number of ether oxygens (including phenoxy) is 1. The lowest BCUT2D eigenvalue weighted by atomic mass is 10.2. The number of carbonyl (C=O) groups excluding carboxylic acids is 1. The predicted molar refractivity (Wildman–Crippen MR) is 105 cm³/mol. The van der Waals surface area contributed by atoms with Crippen molar-refractivity contribution in [2.45, 2.75) is 5.03 Å². The number of aromatic amines is 2. The van der Waals surface area contributed by atoms with E-state index in [2.05, 4.69) is 20.7 Å². The van der Waals surface area contributed by atoms with Crippen molar-refractivity contribution in [1.29, 1.82) is 0 Å². The van der Waals surface area contributed by atoms with Crippen LogP contribution in [0.4, 0.5) is 0 Å². The van der Waals surface area contributed by atoms with Crippen LogP contribution in [-0.2, 0) is 4.79 Å². The van der Waals surface area contributed by atoms with Crippen molar-refractivity contribution in [1.82, 2.24) is 20.6 Å². The van der Waals surface area contributed by atoms with Crippen LogP contribution in [0.2, 0.25) is 0 Å². The predicted octanol–water partition coefficient (Wildman–Crippen LogP) is 1.49. The smallest absolute Gasteiger partial charge is 0.342 e. The maximum Gasteiger partial charge on any atom is 0.342 e.